The van der Waals surface area contributed by atoms with Crippen LogP contribution in [0.1, 0.15) is 37.4 Å². The summed E-state index contributed by atoms with van der Waals surface area (Å²) in [6.07, 6.45) is 4.48. The maximum atomic E-state index is 14.2. The standard InChI is InChI=1S/C17H22F2N2/c1-3-16(20-4-2)14-10-11-21(12-14)13-17(18,19)15-8-6-5-7-9-15/h5-12,16,20H,3-4,13H2,1-2H3. The normalized spacial score (nSPS) is 13.3. The number of hydrogen-bond acceptors (Lipinski definition) is 1. The maximum absolute atomic E-state index is 14.2. The fourth-order valence-corrected chi connectivity index (χ4v) is 2.51. The average molecular weight is 292 g/mol. The molecule has 0 fully saturated rings. The molecule has 0 radical (unpaired) electrons. The molecule has 2 rings (SSSR count). The second-order valence-corrected chi connectivity index (χ2v) is 5.21. The summed E-state index contributed by atoms with van der Waals surface area (Å²) in [5.41, 5.74) is 1.11. The highest BCUT2D eigenvalue weighted by Gasteiger charge is 2.31. The fourth-order valence-electron chi connectivity index (χ4n) is 2.51. The molecule has 21 heavy (non-hydrogen) atoms. The van der Waals surface area contributed by atoms with Gasteiger partial charge in [-0.2, -0.15) is 8.78 Å². The summed E-state index contributed by atoms with van der Waals surface area (Å²) >= 11 is 0. The van der Waals surface area contributed by atoms with Crippen molar-refractivity contribution < 1.29 is 8.78 Å². The molecular formula is C17H22F2N2. The first-order chi connectivity index (χ1) is 10.1. The third kappa shape index (κ3) is 3.91. The number of halogens is 2. The summed E-state index contributed by atoms with van der Waals surface area (Å²) in [4.78, 5) is 0. The van der Waals surface area contributed by atoms with Crippen LogP contribution in [0, 0.1) is 0 Å². The number of hydrogen-bond donors (Lipinski definition) is 1. The van der Waals surface area contributed by atoms with Crippen molar-refractivity contribution in [2.24, 2.45) is 0 Å². The third-order valence-electron chi connectivity index (χ3n) is 3.61. The zero-order chi connectivity index (χ0) is 15.3. The molecule has 2 nitrogen and oxygen atoms in total. The summed E-state index contributed by atoms with van der Waals surface area (Å²) in [6, 6.07) is 10.1. The summed E-state index contributed by atoms with van der Waals surface area (Å²) in [7, 11) is 0. The first-order valence-electron chi connectivity index (χ1n) is 7.39. The Balaban J connectivity index is 2.12. The molecular weight excluding hydrogens is 270 g/mol. The summed E-state index contributed by atoms with van der Waals surface area (Å²) < 4.78 is 30.1. The van der Waals surface area contributed by atoms with Crippen LogP contribution in [0.5, 0.6) is 0 Å². The van der Waals surface area contributed by atoms with Crippen molar-refractivity contribution in [2.75, 3.05) is 6.54 Å². The van der Waals surface area contributed by atoms with E-state index in [1.807, 2.05) is 19.2 Å². The zero-order valence-corrected chi connectivity index (χ0v) is 12.5. The van der Waals surface area contributed by atoms with E-state index < -0.39 is 5.92 Å². The summed E-state index contributed by atoms with van der Waals surface area (Å²) in [5.74, 6) is -2.86. The Morgan fingerprint density at radius 3 is 2.48 bits per heavy atom. The molecule has 1 aromatic carbocycles. The van der Waals surface area contributed by atoms with Gasteiger partial charge in [-0.25, -0.2) is 0 Å². The van der Waals surface area contributed by atoms with Crippen molar-refractivity contribution in [2.45, 2.75) is 38.8 Å². The van der Waals surface area contributed by atoms with Gasteiger partial charge in [0.05, 0.1) is 6.54 Å². The lowest BCUT2D eigenvalue weighted by atomic mass is 10.1. The predicted octanol–water partition coefficient (Wildman–Crippen LogP) is 4.34. The van der Waals surface area contributed by atoms with E-state index in [4.69, 9.17) is 0 Å². The molecule has 1 unspecified atom stereocenters. The van der Waals surface area contributed by atoms with Crippen LogP contribution < -0.4 is 5.32 Å². The highest BCUT2D eigenvalue weighted by atomic mass is 19.3. The maximum Gasteiger partial charge on any atom is 0.290 e. The van der Waals surface area contributed by atoms with Gasteiger partial charge in [-0.15, -0.1) is 0 Å². The first kappa shape index (κ1) is 15.7. The van der Waals surface area contributed by atoms with Gasteiger partial charge in [-0.3, -0.25) is 0 Å². The van der Waals surface area contributed by atoms with Crippen LogP contribution >= 0.6 is 0 Å². The second-order valence-electron chi connectivity index (χ2n) is 5.21. The lowest BCUT2D eigenvalue weighted by molar-refractivity contribution is -0.0221. The molecule has 0 amide bonds. The Hall–Kier alpha value is -1.68. The molecule has 0 aliphatic carbocycles. The highest BCUT2D eigenvalue weighted by molar-refractivity contribution is 5.21. The van der Waals surface area contributed by atoms with Crippen molar-refractivity contribution in [3.05, 3.63) is 59.9 Å². The molecule has 114 valence electrons. The Morgan fingerprint density at radius 1 is 1.14 bits per heavy atom. The Bertz CT molecular complexity index is 549. The van der Waals surface area contributed by atoms with Gasteiger partial charge in [0.1, 0.15) is 0 Å². The van der Waals surface area contributed by atoms with E-state index in [2.05, 4.69) is 12.2 Å². The molecule has 0 aliphatic heterocycles. The minimum absolute atomic E-state index is 0.0546. The van der Waals surface area contributed by atoms with E-state index in [9.17, 15) is 8.78 Å². The third-order valence-corrected chi connectivity index (χ3v) is 3.61. The van der Waals surface area contributed by atoms with Gasteiger partial charge in [-0.1, -0.05) is 44.2 Å². The van der Waals surface area contributed by atoms with Crippen molar-refractivity contribution in [1.82, 2.24) is 9.88 Å². The van der Waals surface area contributed by atoms with Gasteiger partial charge in [-0.05, 0) is 24.6 Å². The Kier molecular flexibility index (Phi) is 5.12. The second kappa shape index (κ2) is 6.85. The molecule has 1 N–H and O–H groups in total. The predicted molar refractivity (Wildman–Crippen MR) is 81.5 cm³/mol. The molecule has 1 aromatic heterocycles. The van der Waals surface area contributed by atoms with E-state index in [-0.39, 0.29) is 18.2 Å². The van der Waals surface area contributed by atoms with Crippen LogP contribution in [0.3, 0.4) is 0 Å². The minimum Gasteiger partial charge on any atom is -0.348 e. The number of rotatable bonds is 7. The van der Waals surface area contributed by atoms with Crippen LogP contribution in [-0.4, -0.2) is 11.1 Å². The largest absolute Gasteiger partial charge is 0.348 e. The van der Waals surface area contributed by atoms with Gasteiger partial charge in [0.2, 0.25) is 0 Å². The van der Waals surface area contributed by atoms with Gasteiger partial charge in [0.15, 0.2) is 0 Å². The quantitative estimate of drug-likeness (QED) is 0.803. The van der Waals surface area contributed by atoms with E-state index >= 15 is 0 Å². The number of aromatic nitrogens is 1. The molecule has 0 saturated heterocycles. The van der Waals surface area contributed by atoms with Crippen molar-refractivity contribution in [1.29, 1.82) is 0 Å². The summed E-state index contributed by atoms with van der Waals surface area (Å²) in [5, 5.41) is 3.36. The highest BCUT2D eigenvalue weighted by Crippen LogP contribution is 2.30. The molecule has 0 spiro atoms. The van der Waals surface area contributed by atoms with E-state index in [1.165, 1.54) is 12.1 Å². The lowest BCUT2D eigenvalue weighted by Gasteiger charge is -2.18. The van der Waals surface area contributed by atoms with Crippen LogP contribution in [0.25, 0.3) is 0 Å². The van der Waals surface area contributed by atoms with Gasteiger partial charge >= 0.3 is 0 Å². The molecule has 0 bridgehead atoms. The number of benzene rings is 1. The molecule has 1 heterocycles. The topological polar surface area (TPSA) is 17.0 Å². The van der Waals surface area contributed by atoms with E-state index in [1.54, 1.807) is 29.0 Å². The fraction of sp³-hybridized carbons (Fsp3) is 0.412. The van der Waals surface area contributed by atoms with Crippen molar-refractivity contribution in [3.8, 4) is 0 Å². The van der Waals surface area contributed by atoms with Crippen molar-refractivity contribution in [3.63, 3.8) is 0 Å². The molecule has 4 heteroatoms. The monoisotopic (exact) mass is 292 g/mol. The van der Waals surface area contributed by atoms with E-state index in [0.29, 0.717) is 0 Å². The smallest absolute Gasteiger partial charge is 0.290 e. The number of nitrogens with one attached hydrogen (secondary N) is 1. The Labute approximate surface area is 124 Å². The van der Waals surface area contributed by atoms with Crippen LogP contribution in [0.15, 0.2) is 48.8 Å². The van der Waals surface area contributed by atoms with Gasteiger partial charge in [0, 0.05) is 24.0 Å². The van der Waals surface area contributed by atoms with Gasteiger partial charge < -0.3 is 9.88 Å². The summed E-state index contributed by atoms with van der Waals surface area (Å²) in [6.45, 7) is 4.66. The SMILES string of the molecule is CCNC(CC)c1ccn(CC(F)(F)c2ccccc2)c1. The molecule has 0 saturated carbocycles. The first-order valence-corrected chi connectivity index (χ1v) is 7.39. The Morgan fingerprint density at radius 2 is 1.86 bits per heavy atom. The number of nitrogens with zero attached hydrogens (tertiary/aromatic N) is 1. The van der Waals surface area contributed by atoms with E-state index in [0.717, 1.165) is 18.5 Å². The zero-order valence-electron chi connectivity index (χ0n) is 12.5. The molecule has 1 atom stereocenters. The molecule has 0 aliphatic rings. The molecule has 2 aromatic rings. The average Bonchev–Trinajstić information content (AvgIpc) is 2.93. The lowest BCUT2D eigenvalue weighted by Crippen LogP contribution is -2.21. The van der Waals surface area contributed by atoms with Crippen molar-refractivity contribution >= 4 is 0 Å². The van der Waals surface area contributed by atoms with Crippen LogP contribution in [-0.2, 0) is 12.5 Å². The van der Waals surface area contributed by atoms with Gasteiger partial charge in [0.25, 0.3) is 5.92 Å². The minimum atomic E-state index is -2.86. The van der Waals surface area contributed by atoms with Crippen LogP contribution in [0.4, 0.5) is 8.78 Å². The van der Waals surface area contributed by atoms with Crippen LogP contribution in [0.2, 0.25) is 0 Å². The number of alkyl halides is 2.